The summed E-state index contributed by atoms with van der Waals surface area (Å²) in [5, 5.41) is 4.21. The molecule has 7 heteroatoms. The molecule has 148 valence electrons. The zero-order chi connectivity index (χ0) is 19.2. The molecule has 0 spiro atoms. The van der Waals surface area contributed by atoms with Crippen molar-refractivity contribution >= 4 is 5.91 Å². The average molecular weight is 374 g/mol. The molecule has 7 nitrogen and oxygen atoms in total. The van der Waals surface area contributed by atoms with Gasteiger partial charge in [0.05, 0.1) is 0 Å². The van der Waals surface area contributed by atoms with Crippen molar-refractivity contribution in [3.05, 3.63) is 35.7 Å². The van der Waals surface area contributed by atoms with E-state index < -0.39 is 0 Å². The summed E-state index contributed by atoms with van der Waals surface area (Å²) in [6.07, 6.45) is 7.70. The first-order valence-electron chi connectivity index (χ1n) is 9.95. The van der Waals surface area contributed by atoms with Crippen molar-refractivity contribution < 1.29 is 9.53 Å². The van der Waals surface area contributed by atoms with Crippen molar-refractivity contribution in [2.24, 2.45) is 5.92 Å². The minimum atomic E-state index is 0.102. The summed E-state index contributed by atoms with van der Waals surface area (Å²) >= 11 is 0. The van der Waals surface area contributed by atoms with Gasteiger partial charge in [-0.2, -0.15) is 5.10 Å². The number of hydrogen-bond donors (Lipinski definition) is 0. The van der Waals surface area contributed by atoms with Gasteiger partial charge in [0.1, 0.15) is 11.5 Å². The first kappa shape index (κ1) is 19.6. The Hall–Kier alpha value is -2.15. The van der Waals surface area contributed by atoms with Crippen LogP contribution in [0.2, 0.25) is 0 Å². The van der Waals surface area contributed by atoms with E-state index in [4.69, 9.17) is 4.74 Å². The van der Waals surface area contributed by atoms with Crippen molar-refractivity contribution in [2.75, 3.05) is 26.8 Å². The smallest absolute Gasteiger partial charge is 0.272 e. The highest BCUT2D eigenvalue weighted by atomic mass is 16.5. The van der Waals surface area contributed by atoms with Gasteiger partial charge in [0.2, 0.25) is 0 Å². The van der Waals surface area contributed by atoms with Crippen LogP contribution in [0.4, 0.5) is 0 Å². The second kappa shape index (κ2) is 9.17. The van der Waals surface area contributed by atoms with Crippen LogP contribution in [0.25, 0.3) is 0 Å². The second-order valence-electron chi connectivity index (χ2n) is 7.29. The number of ether oxygens (including phenoxy) is 1. The normalized spacial score (nSPS) is 15.4. The molecule has 1 aliphatic rings. The van der Waals surface area contributed by atoms with E-state index in [9.17, 15) is 4.79 Å². The second-order valence-corrected chi connectivity index (χ2v) is 7.29. The fraction of sp³-hybridized carbons (Fsp3) is 0.650. The molecule has 2 aromatic heterocycles. The maximum Gasteiger partial charge on any atom is 0.272 e. The van der Waals surface area contributed by atoms with Gasteiger partial charge in [-0.1, -0.05) is 0 Å². The summed E-state index contributed by atoms with van der Waals surface area (Å²) in [5.74, 6) is 1.84. The number of imidazole rings is 1. The molecule has 0 saturated carbocycles. The largest absolute Gasteiger partial charge is 0.385 e. The van der Waals surface area contributed by atoms with Crippen molar-refractivity contribution in [3.63, 3.8) is 0 Å². The summed E-state index contributed by atoms with van der Waals surface area (Å²) in [5.41, 5.74) is 1.90. The highest BCUT2D eigenvalue weighted by Crippen LogP contribution is 2.23. The number of piperidine rings is 1. The van der Waals surface area contributed by atoms with Crippen molar-refractivity contribution in [1.82, 2.24) is 24.2 Å². The van der Waals surface area contributed by atoms with Crippen molar-refractivity contribution in [3.8, 4) is 0 Å². The monoisotopic (exact) mass is 373 g/mol. The van der Waals surface area contributed by atoms with Gasteiger partial charge in [0, 0.05) is 64.4 Å². The van der Waals surface area contributed by atoms with Gasteiger partial charge in [-0.05, 0) is 45.1 Å². The zero-order valence-corrected chi connectivity index (χ0v) is 16.7. The van der Waals surface area contributed by atoms with E-state index in [0.29, 0.717) is 11.6 Å². The Balaban J connectivity index is 1.55. The van der Waals surface area contributed by atoms with Gasteiger partial charge >= 0.3 is 0 Å². The van der Waals surface area contributed by atoms with Gasteiger partial charge in [0.15, 0.2) is 0 Å². The van der Waals surface area contributed by atoms with Crippen LogP contribution in [-0.2, 0) is 24.2 Å². The number of hydrogen-bond acceptors (Lipinski definition) is 4. The van der Waals surface area contributed by atoms with E-state index in [0.717, 1.165) is 64.3 Å². The topological polar surface area (TPSA) is 65.2 Å². The summed E-state index contributed by atoms with van der Waals surface area (Å²) in [6, 6.07) is 1.82. The minimum Gasteiger partial charge on any atom is -0.385 e. The van der Waals surface area contributed by atoms with E-state index in [1.807, 2.05) is 24.1 Å². The Morgan fingerprint density at radius 2 is 2.11 bits per heavy atom. The Kier molecular flexibility index (Phi) is 6.66. The molecule has 2 aromatic rings. The van der Waals surface area contributed by atoms with E-state index >= 15 is 0 Å². The molecule has 3 rings (SSSR count). The Morgan fingerprint density at radius 1 is 1.33 bits per heavy atom. The van der Waals surface area contributed by atoms with E-state index in [-0.39, 0.29) is 5.91 Å². The maximum atomic E-state index is 12.7. The summed E-state index contributed by atoms with van der Waals surface area (Å²) < 4.78 is 9.26. The third-order valence-corrected chi connectivity index (χ3v) is 5.48. The number of aromatic nitrogens is 4. The third-order valence-electron chi connectivity index (χ3n) is 5.48. The van der Waals surface area contributed by atoms with E-state index in [2.05, 4.69) is 21.6 Å². The maximum absolute atomic E-state index is 12.7. The Labute approximate surface area is 161 Å². The Morgan fingerprint density at radius 3 is 2.81 bits per heavy atom. The summed E-state index contributed by atoms with van der Waals surface area (Å²) in [7, 11) is 1.74. The number of rotatable bonds is 8. The molecule has 0 bridgehead atoms. The predicted molar refractivity (Wildman–Crippen MR) is 104 cm³/mol. The van der Waals surface area contributed by atoms with Crippen LogP contribution in [0, 0.1) is 12.8 Å². The fourth-order valence-electron chi connectivity index (χ4n) is 3.87. The molecule has 0 N–H and O–H groups in total. The molecule has 1 amide bonds. The number of amides is 1. The third kappa shape index (κ3) is 4.58. The van der Waals surface area contributed by atoms with Gasteiger partial charge < -0.3 is 14.2 Å². The summed E-state index contributed by atoms with van der Waals surface area (Å²) in [6.45, 7) is 8.17. The SMILES string of the molecule is CCn1nccc1C(=O)N1CCC(Cc2ncc(C)n2CCCOC)CC1. The number of carbonyl (C=O) groups is 1. The lowest BCUT2D eigenvalue weighted by molar-refractivity contribution is 0.0677. The molecule has 0 atom stereocenters. The van der Waals surface area contributed by atoms with Crippen molar-refractivity contribution in [2.45, 2.75) is 52.6 Å². The van der Waals surface area contributed by atoms with Crippen LogP contribution >= 0.6 is 0 Å². The van der Waals surface area contributed by atoms with E-state index in [1.165, 1.54) is 5.69 Å². The predicted octanol–water partition coefficient (Wildman–Crippen LogP) is 2.54. The van der Waals surface area contributed by atoms with Crippen molar-refractivity contribution in [1.29, 1.82) is 0 Å². The number of likely N-dealkylation sites (tertiary alicyclic amines) is 1. The number of carbonyl (C=O) groups excluding carboxylic acids is 1. The van der Waals surface area contributed by atoms with Crippen LogP contribution < -0.4 is 0 Å². The summed E-state index contributed by atoms with van der Waals surface area (Å²) in [4.78, 5) is 19.4. The van der Waals surface area contributed by atoms with Crippen LogP contribution in [0.5, 0.6) is 0 Å². The fourth-order valence-corrected chi connectivity index (χ4v) is 3.87. The zero-order valence-electron chi connectivity index (χ0n) is 16.7. The number of methoxy groups -OCH3 is 1. The quantitative estimate of drug-likeness (QED) is 0.667. The minimum absolute atomic E-state index is 0.102. The van der Waals surface area contributed by atoms with Crippen LogP contribution in [0.15, 0.2) is 18.5 Å². The standard InChI is InChI=1S/C20H31N5O2/c1-4-25-18(6-9-22-25)20(26)23-11-7-17(8-12-23)14-19-21-15-16(2)24(19)10-5-13-27-3/h6,9,15,17H,4-5,7-8,10-14H2,1-3H3. The number of aryl methyl sites for hydroxylation is 2. The molecule has 1 saturated heterocycles. The molecular formula is C20H31N5O2. The lowest BCUT2D eigenvalue weighted by atomic mass is 9.93. The molecule has 1 aliphatic heterocycles. The van der Waals surface area contributed by atoms with Crippen LogP contribution in [0.1, 0.15) is 48.2 Å². The van der Waals surface area contributed by atoms with Crippen LogP contribution in [0.3, 0.4) is 0 Å². The molecular weight excluding hydrogens is 342 g/mol. The van der Waals surface area contributed by atoms with Gasteiger partial charge in [-0.25, -0.2) is 4.98 Å². The molecule has 3 heterocycles. The Bertz CT molecular complexity index is 743. The molecule has 0 aliphatic carbocycles. The molecule has 0 aromatic carbocycles. The molecule has 0 radical (unpaired) electrons. The highest BCUT2D eigenvalue weighted by molar-refractivity contribution is 5.92. The highest BCUT2D eigenvalue weighted by Gasteiger charge is 2.26. The molecule has 27 heavy (non-hydrogen) atoms. The van der Waals surface area contributed by atoms with Gasteiger partial charge in [-0.3, -0.25) is 9.48 Å². The lowest BCUT2D eigenvalue weighted by Gasteiger charge is -2.32. The first-order chi connectivity index (χ1) is 13.1. The lowest BCUT2D eigenvalue weighted by Crippen LogP contribution is -2.40. The van der Waals surface area contributed by atoms with E-state index in [1.54, 1.807) is 18.0 Å². The first-order valence-corrected chi connectivity index (χ1v) is 9.95. The van der Waals surface area contributed by atoms with Crippen LogP contribution in [-0.4, -0.2) is 56.9 Å². The van der Waals surface area contributed by atoms with Gasteiger partial charge in [-0.15, -0.1) is 0 Å². The molecule has 0 unspecified atom stereocenters. The average Bonchev–Trinajstić information content (AvgIpc) is 3.30. The molecule has 1 fully saturated rings. The number of nitrogens with zero attached hydrogens (tertiary/aromatic N) is 5. The van der Waals surface area contributed by atoms with Gasteiger partial charge in [0.25, 0.3) is 5.91 Å².